The van der Waals surface area contributed by atoms with Gasteiger partial charge in [0.25, 0.3) is 0 Å². The first-order chi connectivity index (χ1) is 8.60. The number of hydrogen-bond donors (Lipinski definition) is 0. The van der Waals surface area contributed by atoms with Crippen LogP contribution in [0.2, 0.25) is 0 Å². The first-order valence-electron chi connectivity index (χ1n) is 6.62. The van der Waals surface area contributed by atoms with Crippen molar-refractivity contribution in [2.75, 3.05) is 0 Å². The molecule has 0 aliphatic rings. The first-order valence-corrected chi connectivity index (χ1v) is 7.16. The average Bonchev–Trinajstić information content (AvgIpc) is 2.70. The maximum atomic E-state index is 6.08. The third kappa shape index (κ3) is 2.14. The highest BCUT2D eigenvalue weighted by atomic mass is 35.5. The van der Waals surface area contributed by atoms with Crippen LogP contribution in [0.25, 0.3) is 11.0 Å². The van der Waals surface area contributed by atoms with Gasteiger partial charge in [-0.25, -0.2) is 4.98 Å². The lowest BCUT2D eigenvalue weighted by molar-refractivity contribution is 0.367. The molecule has 1 aromatic heterocycles. The lowest BCUT2D eigenvalue weighted by Gasteiger charge is -2.23. The molecule has 3 heteroatoms. The van der Waals surface area contributed by atoms with E-state index < -0.39 is 0 Å². The second-order valence-electron chi connectivity index (χ2n) is 5.19. The van der Waals surface area contributed by atoms with Crippen molar-refractivity contribution in [3.8, 4) is 0 Å². The van der Waals surface area contributed by atoms with E-state index in [0.29, 0.717) is 17.8 Å². The Morgan fingerprint density at radius 1 is 1.33 bits per heavy atom. The zero-order chi connectivity index (χ0) is 13.3. The van der Waals surface area contributed by atoms with Gasteiger partial charge in [0.05, 0.1) is 16.9 Å². The molecule has 2 rings (SSSR count). The summed E-state index contributed by atoms with van der Waals surface area (Å²) in [7, 11) is 0. The predicted molar refractivity (Wildman–Crippen MR) is 78.2 cm³/mol. The largest absolute Gasteiger partial charge is 0.324 e. The summed E-state index contributed by atoms with van der Waals surface area (Å²) in [4.78, 5) is 4.71. The van der Waals surface area contributed by atoms with Crippen molar-refractivity contribution in [1.29, 1.82) is 0 Å². The molecule has 0 aliphatic carbocycles. The number of fused-ring (bicyclic) bond motifs is 1. The van der Waals surface area contributed by atoms with E-state index in [1.807, 2.05) is 0 Å². The molecule has 18 heavy (non-hydrogen) atoms. The van der Waals surface area contributed by atoms with Gasteiger partial charge in [-0.1, -0.05) is 32.9 Å². The molecule has 1 aromatic carbocycles. The molecule has 98 valence electrons. The molecule has 0 amide bonds. The number of benzene rings is 1. The molecule has 1 unspecified atom stereocenters. The van der Waals surface area contributed by atoms with Gasteiger partial charge in [0.15, 0.2) is 0 Å². The molecule has 0 fully saturated rings. The summed E-state index contributed by atoms with van der Waals surface area (Å²) in [5.74, 6) is 2.04. The van der Waals surface area contributed by atoms with Gasteiger partial charge in [0.1, 0.15) is 5.82 Å². The van der Waals surface area contributed by atoms with Gasteiger partial charge in [0, 0.05) is 6.04 Å². The Morgan fingerprint density at radius 3 is 2.61 bits per heavy atom. The van der Waals surface area contributed by atoms with Crippen molar-refractivity contribution in [1.82, 2.24) is 9.55 Å². The molecule has 2 aromatic rings. The number of halogens is 1. The topological polar surface area (TPSA) is 17.8 Å². The van der Waals surface area contributed by atoms with Gasteiger partial charge in [0.2, 0.25) is 0 Å². The van der Waals surface area contributed by atoms with Crippen molar-refractivity contribution in [3.63, 3.8) is 0 Å². The molecule has 0 saturated heterocycles. The lowest BCUT2D eigenvalue weighted by atomic mass is 10.0. The highest BCUT2D eigenvalue weighted by Crippen LogP contribution is 2.30. The molecular weight excluding hydrogens is 244 g/mol. The summed E-state index contributed by atoms with van der Waals surface area (Å²) < 4.78 is 2.33. The quantitative estimate of drug-likeness (QED) is 0.733. The molecule has 0 saturated carbocycles. The third-order valence-electron chi connectivity index (χ3n) is 3.63. The average molecular weight is 265 g/mol. The van der Waals surface area contributed by atoms with E-state index in [2.05, 4.69) is 50.5 Å². The minimum absolute atomic E-state index is 0.463. The highest BCUT2D eigenvalue weighted by molar-refractivity contribution is 6.16. The predicted octanol–water partition coefficient (Wildman–Crippen LogP) is 4.69. The van der Waals surface area contributed by atoms with Gasteiger partial charge in [-0.05, 0) is 30.9 Å². The van der Waals surface area contributed by atoms with Crippen molar-refractivity contribution >= 4 is 22.6 Å². The first kappa shape index (κ1) is 13.4. The Morgan fingerprint density at radius 2 is 2.06 bits per heavy atom. The minimum Gasteiger partial charge on any atom is -0.324 e. The molecular formula is C15H21ClN2. The Labute approximate surface area is 114 Å². The smallest absolute Gasteiger partial charge is 0.125 e. The van der Waals surface area contributed by atoms with E-state index in [4.69, 9.17) is 16.6 Å². The minimum atomic E-state index is 0.463. The fourth-order valence-electron chi connectivity index (χ4n) is 2.72. The van der Waals surface area contributed by atoms with Crippen molar-refractivity contribution in [2.45, 2.75) is 46.0 Å². The monoisotopic (exact) mass is 264 g/mol. The van der Waals surface area contributed by atoms with E-state index >= 15 is 0 Å². The zero-order valence-corrected chi connectivity index (χ0v) is 12.3. The number of para-hydroxylation sites is 1. The molecule has 0 N–H and O–H groups in total. The van der Waals surface area contributed by atoms with Crippen molar-refractivity contribution in [3.05, 3.63) is 29.6 Å². The van der Waals surface area contributed by atoms with Crippen molar-refractivity contribution < 1.29 is 0 Å². The summed E-state index contributed by atoms with van der Waals surface area (Å²) in [6, 6.07) is 6.82. The number of aryl methyl sites for hydroxylation is 1. The Hall–Kier alpha value is -1.02. The number of alkyl halides is 1. The molecule has 0 spiro atoms. The van der Waals surface area contributed by atoms with Crippen molar-refractivity contribution in [2.24, 2.45) is 5.92 Å². The van der Waals surface area contributed by atoms with Gasteiger partial charge < -0.3 is 4.57 Å². The summed E-state index contributed by atoms with van der Waals surface area (Å²) in [6.45, 7) is 8.85. The molecule has 1 atom stereocenters. The zero-order valence-electron chi connectivity index (χ0n) is 11.6. The van der Waals surface area contributed by atoms with Crippen LogP contribution in [0.3, 0.4) is 0 Å². The molecule has 0 bridgehead atoms. The van der Waals surface area contributed by atoms with E-state index in [0.717, 1.165) is 17.8 Å². The van der Waals surface area contributed by atoms with Crippen LogP contribution in [0.15, 0.2) is 18.2 Å². The fourth-order valence-corrected chi connectivity index (χ4v) is 2.91. The van der Waals surface area contributed by atoms with Gasteiger partial charge in [-0.2, -0.15) is 0 Å². The number of nitrogens with zero attached hydrogens (tertiary/aromatic N) is 2. The molecule has 0 radical (unpaired) electrons. The second-order valence-corrected chi connectivity index (χ2v) is 5.46. The van der Waals surface area contributed by atoms with E-state index in [1.165, 1.54) is 11.1 Å². The van der Waals surface area contributed by atoms with Gasteiger partial charge in [-0.3, -0.25) is 0 Å². The Kier molecular flexibility index (Phi) is 3.96. The standard InChI is InChI=1S/C15H21ClN2/c1-5-12(10(2)3)18-13-8-6-7-11(4)15(13)17-14(18)9-16/h6-8,10,12H,5,9H2,1-4H3. The number of imidazole rings is 1. The summed E-state index contributed by atoms with van der Waals surface area (Å²) in [5, 5.41) is 0. The van der Waals surface area contributed by atoms with Crippen LogP contribution >= 0.6 is 11.6 Å². The number of rotatable bonds is 4. The molecule has 0 aliphatic heterocycles. The van der Waals surface area contributed by atoms with E-state index in [-0.39, 0.29) is 0 Å². The SMILES string of the molecule is CCC(C(C)C)n1c(CCl)nc2c(C)cccc21. The molecule has 2 nitrogen and oxygen atoms in total. The number of hydrogen-bond acceptors (Lipinski definition) is 1. The Bertz CT molecular complexity index is 543. The van der Waals surface area contributed by atoms with E-state index in [9.17, 15) is 0 Å². The van der Waals surface area contributed by atoms with E-state index in [1.54, 1.807) is 0 Å². The second kappa shape index (κ2) is 5.31. The third-order valence-corrected chi connectivity index (χ3v) is 3.87. The summed E-state index contributed by atoms with van der Waals surface area (Å²) >= 11 is 6.08. The van der Waals surface area contributed by atoms with Crippen LogP contribution in [-0.4, -0.2) is 9.55 Å². The number of aromatic nitrogens is 2. The van der Waals surface area contributed by atoms with Crippen LogP contribution in [0.4, 0.5) is 0 Å². The van der Waals surface area contributed by atoms with Crippen LogP contribution in [0.1, 0.15) is 44.6 Å². The van der Waals surface area contributed by atoms with Gasteiger partial charge >= 0.3 is 0 Å². The maximum Gasteiger partial charge on any atom is 0.125 e. The normalized spacial score (nSPS) is 13.4. The summed E-state index contributed by atoms with van der Waals surface area (Å²) in [5.41, 5.74) is 3.52. The van der Waals surface area contributed by atoms with Crippen LogP contribution in [0, 0.1) is 12.8 Å². The lowest BCUT2D eigenvalue weighted by Crippen LogP contribution is -2.16. The van der Waals surface area contributed by atoms with Crippen LogP contribution in [-0.2, 0) is 5.88 Å². The summed E-state index contributed by atoms with van der Waals surface area (Å²) in [6.07, 6.45) is 1.10. The highest BCUT2D eigenvalue weighted by Gasteiger charge is 2.20. The maximum absolute atomic E-state index is 6.08. The van der Waals surface area contributed by atoms with Gasteiger partial charge in [-0.15, -0.1) is 11.6 Å². The Balaban J connectivity index is 2.70. The van der Waals surface area contributed by atoms with Crippen LogP contribution in [0.5, 0.6) is 0 Å². The van der Waals surface area contributed by atoms with Crippen LogP contribution < -0.4 is 0 Å². The fraction of sp³-hybridized carbons (Fsp3) is 0.533. The molecule has 1 heterocycles.